The molecule has 1 atom stereocenters. The molecular formula is C30H36N8O4. The summed E-state index contributed by atoms with van der Waals surface area (Å²) in [6.45, 7) is 0.990. The van der Waals surface area contributed by atoms with Crippen molar-refractivity contribution >= 4 is 46.7 Å². The van der Waals surface area contributed by atoms with Gasteiger partial charge in [0.2, 0.25) is 5.91 Å². The molecule has 3 amide bonds. The van der Waals surface area contributed by atoms with Gasteiger partial charge in [0, 0.05) is 72.1 Å². The zero-order valence-electron chi connectivity index (χ0n) is 23.3. The standard InChI is InChI=1S/C30H36N8O4/c31-12-18-14-37-25(11-24(18)32)23(27(33)17-3-4-17)15-36-20-8-16(9-20)13-35-19-5-6-21-22(10-19)30(42)38(29(21)41)26(28(34)40)2-1-7-39/h5-7,10-11,14-17,20,26,33,35-36H,1-4,8-9,12-13,31H2,(H2,32,37)(H2,34,40)/b23-15-,33-27?. The fourth-order valence-corrected chi connectivity index (χ4v) is 5.48. The van der Waals surface area contributed by atoms with Crippen LogP contribution in [0.5, 0.6) is 0 Å². The third-order valence-electron chi connectivity index (χ3n) is 8.20. The molecule has 2 aromatic rings. The highest BCUT2D eigenvalue weighted by molar-refractivity contribution is 6.24. The van der Waals surface area contributed by atoms with Crippen LogP contribution in [0.4, 0.5) is 11.4 Å². The molecule has 220 valence electrons. The van der Waals surface area contributed by atoms with E-state index in [4.69, 9.17) is 22.6 Å². The minimum absolute atomic E-state index is 0.00414. The first kappa shape index (κ1) is 28.9. The number of benzene rings is 1. The molecule has 2 heterocycles. The van der Waals surface area contributed by atoms with Gasteiger partial charge in [0.25, 0.3) is 11.8 Å². The monoisotopic (exact) mass is 572 g/mol. The summed E-state index contributed by atoms with van der Waals surface area (Å²) in [5.41, 5.74) is 21.7. The lowest BCUT2D eigenvalue weighted by Crippen LogP contribution is -2.47. The van der Waals surface area contributed by atoms with Crippen molar-refractivity contribution in [2.45, 2.75) is 57.2 Å². The summed E-state index contributed by atoms with van der Waals surface area (Å²) in [4.78, 5) is 54.0. The number of amides is 3. The van der Waals surface area contributed by atoms with Crippen molar-refractivity contribution in [2.24, 2.45) is 23.3 Å². The van der Waals surface area contributed by atoms with Crippen LogP contribution in [0.15, 0.2) is 36.7 Å². The summed E-state index contributed by atoms with van der Waals surface area (Å²) in [7, 11) is 0. The number of rotatable bonds is 14. The van der Waals surface area contributed by atoms with E-state index in [2.05, 4.69) is 15.6 Å². The largest absolute Gasteiger partial charge is 0.398 e. The van der Waals surface area contributed by atoms with Crippen LogP contribution in [0, 0.1) is 17.2 Å². The number of allylic oxidation sites excluding steroid dienone is 1. The minimum Gasteiger partial charge on any atom is -0.398 e. The molecule has 12 nitrogen and oxygen atoms in total. The normalized spacial score (nSPS) is 20.5. The van der Waals surface area contributed by atoms with Crippen molar-refractivity contribution in [2.75, 3.05) is 17.6 Å². The van der Waals surface area contributed by atoms with Crippen molar-refractivity contribution < 1.29 is 19.2 Å². The number of nitrogen functional groups attached to an aromatic ring is 1. The van der Waals surface area contributed by atoms with E-state index in [9.17, 15) is 19.2 Å². The molecule has 1 aromatic heterocycles. The van der Waals surface area contributed by atoms with Gasteiger partial charge in [-0.3, -0.25) is 24.3 Å². The van der Waals surface area contributed by atoms with Gasteiger partial charge in [-0.2, -0.15) is 0 Å². The molecule has 2 aliphatic carbocycles. The van der Waals surface area contributed by atoms with E-state index in [-0.39, 0.29) is 35.9 Å². The third kappa shape index (κ3) is 5.89. The quantitative estimate of drug-likeness (QED) is 0.111. The molecule has 2 saturated carbocycles. The number of imide groups is 1. The van der Waals surface area contributed by atoms with E-state index < -0.39 is 23.8 Å². The lowest BCUT2D eigenvalue weighted by molar-refractivity contribution is -0.122. The number of fused-ring (bicyclic) bond motifs is 1. The molecular weight excluding hydrogens is 536 g/mol. The first-order valence-electron chi connectivity index (χ1n) is 14.2. The Bertz CT molecular complexity index is 1460. The Kier molecular flexibility index (Phi) is 8.34. The fraction of sp³-hybridized carbons (Fsp3) is 0.400. The van der Waals surface area contributed by atoms with E-state index in [1.807, 2.05) is 6.20 Å². The number of primary amides is 1. The first-order valence-corrected chi connectivity index (χ1v) is 14.2. The predicted molar refractivity (Wildman–Crippen MR) is 158 cm³/mol. The number of carbonyl (C=O) groups is 4. The van der Waals surface area contributed by atoms with E-state index in [0.717, 1.165) is 41.7 Å². The number of aldehydes is 1. The molecule has 0 saturated heterocycles. The van der Waals surface area contributed by atoms with Crippen molar-refractivity contribution in [3.63, 3.8) is 0 Å². The maximum absolute atomic E-state index is 13.0. The zero-order valence-corrected chi connectivity index (χ0v) is 23.3. The van der Waals surface area contributed by atoms with Gasteiger partial charge in [0.05, 0.1) is 16.8 Å². The second kappa shape index (κ2) is 12.1. The molecule has 3 aliphatic rings. The molecule has 12 heteroatoms. The average molecular weight is 573 g/mol. The number of aromatic nitrogens is 1. The Labute approximate surface area is 243 Å². The maximum atomic E-state index is 13.0. The van der Waals surface area contributed by atoms with Gasteiger partial charge < -0.3 is 38.0 Å². The second-order valence-electron chi connectivity index (χ2n) is 11.2. The Hall–Kier alpha value is -4.58. The van der Waals surface area contributed by atoms with E-state index in [0.29, 0.717) is 48.1 Å². The molecule has 9 N–H and O–H groups in total. The smallest absolute Gasteiger partial charge is 0.262 e. The maximum Gasteiger partial charge on any atom is 0.262 e. The van der Waals surface area contributed by atoms with Crippen LogP contribution in [-0.4, -0.2) is 58.2 Å². The zero-order chi connectivity index (χ0) is 30.0. The lowest BCUT2D eigenvalue weighted by Gasteiger charge is -2.36. The van der Waals surface area contributed by atoms with E-state index in [1.165, 1.54) is 0 Å². The summed E-state index contributed by atoms with van der Waals surface area (Å²) in [6, 6.07) is 5.80. The highest BCUT2D eigenvalue weighted by Crippen LogP contribution is 2.36. The molecule has 1 aliphatic heterocycles. The Balaban J connectivity index is 1.17. The number of nitrogens with two attached hydrogens (primary N) is 3. The van der Waals surface area contributed by atoms with Crippen molar-refractivity contribution in [1.82, 2.24) is 15.2 Å². The van der Waals surface area contributed by atoms with Gasteiger partial charge >= 0.3 is 0 Å². The topological polar surface area (TPSA) is 210 Å². The van der Waals surface area contributed by atoms with E-state index >= 15 is 0 Å². The Morgan fingerprint density at radius 1 is 1.17 bits per heavy atom. The van der Waals surface area contributed by atoms with E-state index in [1.54, 1.807) is 30.5 Å². The summed E-state index contributed by atoms with van der Waals surface area (Å²) in [5, 5.41) is 15.5. The van der Waals surface area contributed by atoms with Gasteiger partial charge in [0.1, 0.15) is 12.3 Å². The van der Waals surface area contributed by atoms with Gasteiger partial charge in [-0.25, -0.2) is 0 Å². The van der Waals surface area contributed by atoms with Gasteiger partial charge in [-0.05, 0) is 62.3 Å². The van der Waals surface area contributed by atoms with Crippen molar-refractivity contribution in [3.05, 3.63) is 59.0 Å². The number of pyridine rings is 1. The summed E-state index contributed by atoms with van der Waals surface area (Å²) in [6.07, 6.45) is 8.06. The lowest BCUT2D eigenvalue weighted by atomic mass is 9.80. The first-order chi connectivity index (χ1) is 20.2. The fourth-order valence-electron chi connectivity index (χ4n) is 5.48. The molecule has 0 bridgehead atoms. The van der Waals surface area contributed by atoms with Gasteiger partial charge in [-0.1, -0.05) is 0 Å². The van der Waals surface area contributed by atoms with Crippen LogP contribution in [-0.2, 0) is 16.1 Å². The molecule has 1 aromatic carbocycles. The summed E-state index contributed by atoms with van der Waals surface area (Å²) < 4.78 is 0. The number of anilines is 2. The van der Waals surface area contributed by atoms with Crippen LogP contribution < -0.4 is 27.8 Å². The summed E-state index contributed by atoms with van der Waals surface area (Å²) in [5.74, 6) is -1.35. The Morgan fingerprint density at radius 2 is 1.90 bits per heavy atom. The highest BCUT2D eigenvalue weighted by atomic mass is 16.2. The number of carbonyl (C=O) groups excluding carboxylic acids is 4. The van der Waals surface area contributed by atoms with Crippen LogP contribution >= 0.6 is 0 Å². The van der Waals surface area contributed by atoms with Gasteiger partial charge in [0.15, 0.2) is 0 Å². The number of hydrogen-bond acceptors (Lipinski definition) is 10. The number of nitrogens with zero attached hydrogens (tertiary/aromatic N) is 2. The van der Waals surface area contributed by atoms with Gasteiger partial charge in [-0.15, -0.1) is 0 Å². The summed E-state index contributed by atoms with van der Waals surface area (Å²) >= 11 is 0. The third-order valence-corrected chi connectivity index (χ3v) is 8.20. The Morgan fingerprint density at radius 3 is 2.55 bits per heavy atom. The second-order valence-corrected chi connectivity index (χ2v) is 11.2. The van der Waals surface area contributed by atoms with Crippen molar-refractivity contribution in [3.8, 4) is 0 Å². The molecule has 0 spiro atoms. The SMILES string of the molecule is N=C(/C(=C\NC1CC(CNc2ccc3c(c2)C(=O)N(C(CCC=O)C(N)=O)C3=O)C1)c1cc(N)c(CN)cn1)C1CC1. The van der Waals surface area contributed by atoms with Crippen LogP contribution in [0.1, 0.15) is 70.5 Å². The molecule has 0 radical (unpaired) electrons. The average Bonchev–Trinajstić information content (AvgIpc) is 3.77. The van der Waals surface area contributed by atoms with Crippen molar-refractivity contribution in [1.29, 1.82) is 5.41 Å². The van der Waals surface area contributed by atoms with Crippen LogP contribution in [0.25, 0.3) is 5.57 Å². The molecule has 1 unspecified atom stereocenters. The number of hydrogen-bond donors (Lipinski definition) is 6. The molecule has 2 fully saturated rings. The molecule has 42 heavy (non-hydrogen) atoms. The molecule has 5 rings (SSSR count). The predicted octanol–water partition coefficient (Wildman–Crippen LogP) is 1.80. The highest BCUT2D eigenvalue weighted by Gasteiger charge is 2.42. The van der Waals surface area contributed by atoms with Crippen LogP contribution in [0.2, 0.25) is 0 Å². The number of nitrogens with one attached hydrogen (secondary N) is 3. The minimum atomic E-state index is -1.17. The van der Waals surface area contributed by atoms with Crippen LogP contribution in [0.3, 0.4) is 0 Å².